The summed E-state index contributed by atoms with van der Waals surface area (Å²) >= 11 is 0. The van der Waals surface area contributed by atoms with Gasteiger partial charge in [0.1, 0.15) is 11.4 Å². The Hall–Kier alpha value is -1.75. The number of benzene rings is 1. The highest BCUT2D eigenvalue weighted by molar-refractivity contribution is 5.80. The van der Waals surface area contributed by atoms with Crippen molar-refractivity contribution in [2.24, 2.45) is 4.99 Å². The summed E-state index contributed by atoms with van der Waals surface area (Å²) in [7, 11) is 0. The molecule has 0 bridgehead atoms. The van der Waals surface area contributed by atoms with Crippen molar-refractivity contribution in [2.75, 3.05) is 13.1 Å². The minimum Gasteiger partial charge on any atom is -0.487 e. The SMILES string of the molecule is CCNC(=NCC1(O)CCC1)NC1CC(C)(C)Oc2ccccc21. The molecule has 0 radical (unpaired) electrons. The van der Waals surface area contributed by atoms with Crippen molar-refractivity contribution in [3.8, 4) is 5.75 Å². The van der Waals surface area contributed by atoms with Gasteiger partial charge in [0, 0.05) is 18.5 Å². The molecule has 3 N–H and O–H groups in total. The number of hydrogen-bond donors (Lipinski definition) is 3. The first-order valence-electron chi connectivity index (χ1n) is 8.96. The van der Waals surface area contributed by atoms with E-state index in [4.69, 9.17) is 4.74 Å². The van der Waals surface area contributed by atoms with Gasteiger partial charge in [-0.15, -0.1) is 0 Å². The minimum atomic E-state index is -0.602. The Morgan fingerprint density at radius 2 is 2.08 bits per heavy atom. The molecule has 0 spiro atoms. The van der Waals surface area contributed by atoms with Crippen LogP contribution in [0.4, 0.5) is 0 Å². The predicted molar refractivity (Wildman–Crippen MR) is 96.4 cm³/mol. The number of para-hydroxylation sites is 1. The highest BCUT2D eigenvalue weighted by Gasteiger charge is 2.35. The Bertz CT molecular complexity index is 608. The molecule has 5 nitrogen and oxygen atoms in total. The van der Waals surface area contributed by atoms with E-state index in [1.165, 1.54) is 0 Å². The van der Waals surface area contributed by atoms with Crippen molar-refractivity contribution in [3.05, 3.63) is 29.8 Å². The van der Waals surface area contributed by atoms with Crippen LogP contribution in [0.3, 0.4) is 0 Å². The number of rotatable bonds is 4. The summed E-state index contributed by atoms with van der Waals surface area (Å²) in [6.45, 7) is 7.52. The molecule has 0 amide bonds. The maximum absolute atomic E-state index is 10.3. The van der Waals surface area contributed by atoms with E-state index in [2.05, 4.69) is 42.5 Å². The largest absolute Gasteiger partial charge is 0.487 e. The van der Waals surface area contributed by atoms with Crippen molar-refractivity contribution in [2.45, 2.75) is 63.7 Å². The molecule has 1 unspecified atom stereocenters. The average Bonchev–Trinajstić information content (AvgIpc) is 2.50. The molecule has 24 heavy (non-hydrogen) atoms. The quantitative estimate of drug-likeness (QED) is 0.586. The van der Waals surface area contributed by atoms with Gasteiger partial charge in [0.15, 0.2) is 5.96 Å². The number of fused-ring (bicyclic) bond motifs is 1. The highest BCUT2D eigenvalue weighted by atomic mass is 16.5. The molecule has 1 aliphatic heterocycles. The van der Waals surface area contributed by atoms with Gasteiger partial charge in [0.2, 0.25) is 0 Å². The molecule has 1 saturated carbocycles. The molecule has 1 aromatic carbocycles. The monoisotopic (exact) mass is 331 g/mol. The molecule has 5 heteroatoms. The van der Waals surface area contributed by atoms with E-state index >= 15 is 0 Å². The second kappa shape index (κ2) is 6.63. The van der Waals surface area contributed by atoms with E-state index < -0.39 is 5.60 Å². The fourth-order valence-corrected chi connectivity index (χ4v) is 3.39. The Kier molecular flexibility index (Phi) is 4.72. The van der Waals surface area contributed by atoms with E-state index in [1.807, 2.05) is 18.2 Å². The third kappa shape index (κ3) is 3.83. The molecule has 1 aliphatic carbocycles. The Morgan fingerprint density at radius 1 is 1.33 bits per heavy atom. The standard InChI is InChI=1S/C19H29N3O2/c1-4-20-17(21-13-19(23)10-7-11-19)22-15-12-18(2,3)24-16-9-6-5-8-14(15)16/h5-6,8-9,15,23H,4,7,10-13H2,1-3H3,(H2,20,21,22). The van der Waals surface area contributed by atoms with Gasteiger partial charge in [-0.25, -0.2) is 0 Å². The smallest absolute Gasteiger partial charge is 0.191 e. The van der Waals surface area contributed by atoms with Crippen LogP contribution < -0.4 is 15.4 Å². The van der Waals surface area contributed by atoms with Gasteiger partial charge in [-0.3, -0.25) is 4.99 Å². The van der Waals surface area contributed by atoms with E-state index in [-0.39, 0.29) is 11.6 Å². The zero-order valence-corrected chi connectivity index (χ0v) is 14.9. The maximum atomic E-state index is 10.3. The first-order valence-corrected chi connectivity index (χ1v) is 8.96. The molecule has 132 valence electrons. The van der Waals surface area contributed by atoms with Crippen LogP contribution in [-0.4, -0.2) is 35.4 Å². The Morgan fingerprint density at radius 3 is 2.75 bits per heavy atom. The fraction of sp³-hybridized carbons (Fsp3) is 0.632. The summed E-state index contributed by atoms with van der Waals surface area (Å²) in [5, 5.41) is 17.1. The Balaban J connectivity index is 1.77. The number of aliphatic hydroxyl groups is 1. The van der Waals surface area contributed by atoms with Gasteiger partial charge in [0.25, 0.3) is 0 Å². The summed E-state index contributed by atoms with van der Waals surface area (Å²) in [6.07, 6.45) is 3.66. The molecule has 0 aromatic heterocycles. The first kappa shape index (κ1) is 17.1. The van der Waals surface area contributed by atoms with E-state index in [9.17, 15) is 5.11 Å². The van der Waals surface area contributed by atoms with Crippen LogP contribution >= 0.6 is 0 Å². The molecule has 3 rings (SSSR count). The number of guanidine groups is 1. The van der Waals surface area contributed by atoms with Crippen molar-refractivity contribution >= 4 is 5.96 Å². The number of nitrogens with one attached hydrogen (secondary N) is 2. The van der Waals surface area contributed by atoms with Gasteiger partial charge < -0.3 is 20.5 Å². The molecule has 1 aromatic rings. The van der Waals surface area contributed by atoms with Crippen LogP contribution in [0, 0.1) is 0 Å². The van der Waals surface area contributed by atoms with Gasteiger partial charge in [-0.1, -0.05) is 18.2 Å². The van der Waals surface area contributed by atoms with Crippen molar-refractivity contribution in [1.29, 1.82) is 0 Å². The van der Waals surface area contributed by atoms with Gasteiger partial charge >= 0.3 is 0 Å². The zero-order valence-electron chi connectivity index (χ0n) is 14.9. The lowest BCUT2D eigenvalue weighted by atomic mass is 9.80. The molecule has 2 aliphatic rings. The second-order valence-electron chi connectivity index (χ2n) is 7.57. The summed E-state index contributed by atoms with van der Waals surface area (Å²) in [5.74, 6) is 1.69. The van der Waals surface area contributed by atoms with Gasteiger partial charge in [-0.05, 0) is 46.1 Å². The second-order valence-corrected chi connectivity index (χ2v) is 7.57. The van der Waals surface area contributed by atoms with Crippen LogP contribution in [0.15, 0.2) is 29.3 Å². The molecule has 1 fully saturated rings. The summed E-state index contributed by atoms with van der Waals surface area (Å²) in [6, 6.07) is 8.30. The molecule has 1 heterocycles. The normalized spacial score (nSPS) is 24.3. The topological polar surface area (TPSA) is 65.9 Å². The first-order chi connectivity index (χ1) is 11.4. The molecule has 1 atom stereocenters. The van der Waals surface area contributed by atoms with E-state index in [1.54, 1.807) is 0 Å². The van der Waals surface area contributed by atoms with Crippen LogP contribution in [0.5, 0.6) is 5.75 Å². The maximum Gasteiger partial charge on any atom is 0.191 e. The third-order valence-electron chi connectivity index (χ3n) is 4.85. The van der Waals surface area contributed by atoms with Gasteiger partial charge in [-0.2, -0.15) is 0 Å². The number of nitrogens with zero attached hydrogens (tertiary/aromatic N) is 1. The molecular weight excluding hydrogens is 302 g/mol. The Labute approximate surface area is 144 Å². The van der Waals surface area contributed by atoms with Crippen LogP contribution in [0.25, 0.3) is 0 Å². The lowest BCUT2D eigenvalue weighted by Gasteiger charge is -2.39. The predicted octanol–water partition coefficient (Wildman–Crippen LogP) is 2.76. The lowest BCUT2D eigenvalue weighted by Crippen LogP contribution is -2.47. The zero-order chi connectivity index (χ0) is 17.2. The van der Waals surface area contributed by atoms with E-state index in [0.717, 1.165) is 49.5 Å². The van der Waals surface area contributed by atoms with Crippen LogP contribution in [-0.2, 0) is 0 Å². The van der Waals surface area contributed by atoms with Crippen LogP contribution in [0.1, 0.15) is 58.1 Å². The number of aliphatic imine (C=N–C) groups is 1. The van der Waals surface area contributed by atoms with Crippen molar-refractivity contribution in [1.82, 2.24) is 10.6 Å². The fourth-order valence-electron chi connectivity index (χ4n) is 3.39. The van der Waals surface area contributed by atoms with Gasteiger partial charge in [0.05, 0.1) is 18.2 Å². The summed E-state index contributed by atoms with van der Waals surface area (Å²) in [5.41, 5.74) is 0.329. The number of ether oxygens (including phenoxy) is 1. The summed E-state index contributed by atoms with van der Waals surface area (Å²) in [4.78, 5) is 4.63. The summed E-state index contributed by atoms with van der Waals surface area (Å²) < 4.78 is 6.09. The third-order valence-corrected chi connectivity index (χ3v) is 4.85. The highest BCUT2D eigenvalue weighted by Crippen LogP contribution is 2.39. The van der Waals surface area contributed by atoms with Crippen molar-refractivity contribution in [3.63, 3.8) is 0 Å². The van der Waals surface area contributed by atoms with Crippen LogP contribution in [0.2, 0.25) is 0 Å². The lowest BCUT2D eigenvalue weighted by molar-refractivity contribution is -0.0236. The minimum absolute atomic E-state index is 0.138. The van der Waals surface area contributed by atoms with Crippen molar-refractivity contribution < 1.29 is 9.84 Å². The average molecular weight is 331 g/mol. The molecule has 0 saturated heterocycles. The number of hydrogen-bond acceptors (Lipinski definition) is 3. The molecular formula is C19H29N3O2. The van der Waals surface area contributed by atoms with E-state index in [0.29, 0.717) is 6.54 Å².